The number of halogens is 4. The molecular formula is C34H32F4N2O5. The van der Waals surface area contributed by atoms with Gasteiger partial charge in [-0.2, -0.15) is 13.2 Å². The first-order chi connectivity index (χ1) is 21.4. The Labute approximate surface area is 257 Å². The number of oxazole rings is 1. The largest absolute Gasteiger partial charge is 0.494 e. The van der Waals surface area contributed by atoms with Crippen LogP contribution in [0.4, 0.5) is 17.6 Å². The van der Waals surface area contributed by atoms with E-state index in [9.17, 15) is 32.3 Å². The number of benzene rings is 3. The van der Waals surface area contributed by atoms with Gasteiger partial charge >= 0.3 is 12.1 Å². The van der Waals surface area contributed by atoms with Crippen molar-refractivity contribution in [2.45, 2.75) is 51.7 Å². The topological polar surface area (TPSA) is 102 Å². The second-order valence-electron chi connectivity index (χ2n) is 10.4. The number of nitrogens with one attached hydrogen (secondary N) is 1. The zero-order valence-corrected chi connectivity index (χ0v) is 24.7. The molecule has 0 saturated heterocycles. The van der Waals surface area contributed by atoms with E-state index in [0.717, 1.165) is 41.8 Å². The molecule has 0 aliphatic carbocycles. The summed E-state index contributed by atoms with van der Waals surface area (Å²) >= 11 is 0. The van der Waals surface area contributed by atoms with Gasteiger partial charge < -0.3 is 19.6 Å². The van der Waals surface area contributed by atoms with Crippen molar-refractivity contribution < 1.29 is 41.4 Å². The summed E-state index contributed by atoms with van der Waals surface area (Å²) < 4.78 is 63.3. The maximum Gasteiger partial charge on any atom is 0.416 e. The van der Waals surface area contributed by atoms with Crippen molar-refractivity contribution in [2.24, 2.45) is 0 Å². The van der Waals surface area contributed by atoms with Crippen molar-refractivity contribution in [3.63, 3.8) is 0 Å². The summed E-state index contributed by atoms with van der Waals surface area (Å²) in [5.74, 6) is -0.186. The number of hydrogen-bond donors (Lipinski definition) is 2. The van der Waals surface area contributed by atoms with E-state index in [1.54, 1.807) is 36.4 Å². The number of aromatic nitrogens is 1. The Balaban J connectivity index is 1.27. The van der Waals surface area contributed by atoms with Crippen LogP contribution in [0.25, 0.3) is 11.5 Å². The molecule has 2 N–H and O–H groups in total. The number of allylic oxidation sites excluding steroid dienone is 2. The number of ether oxygens (including phenoxy) is 1. The van der Waals surface area contributed by atoms with Gasteiger partial charge in [0.2, 0.25) is 5.89 Å². The van der Waals surface area contributed by atoms with Gasteiger partial charge in [0.05, 0.1) is 17.9 Å². The number of carboxylic acids is 1. The van der Waals surface area contributed by atoms with Crippen LogP contribution < -0.4 is 10.1 Å². The third-order valence-corrected chi connectivity index (χ3v) is 6.92. The lowest BCUT2D eigenvalue weighted by molar-refractivity contribution is -0.139. The van der Waals surface area contributed by atoms with E-state index in [2.05, 4.69) is 10.3 Å². The second kappa shape index (κ2) is 14.7. The highest BCUT2D eigenvalue weighted by Gasteiger charge is 2.30. The van der Waals surface area contributed by atoms with Crippen molar-refractivity contribution in [3.05, 3.63) is 119 Å². The summed E-state index contributed by atoms with van der Waals surface area (Å²) in [6.07, 6.45) is -1.27. The molecule has 0 aliphatic heterocycles. The number of rotatable bonds is 14. The lowest BCUT2D eigenvalue weighted by Gasteiger charge is -2.16. The number of carbonyl (C=O) groups is 2. The maximum absolute atomic E-state index is 13.2. The first-order valence-corrected chi connectivity index (χ1v) is 14.3. The van der Waals surface area contributed by atoms with Gasteiger partial charge in [-0.05, 0) is 73.9 Å². The van der Waals surface area contributed by atoms with Gasteiger partial charge in [-0.3, -0.25) is 4.79 Å². The van der Waals surface area contributed by atoms with Crippen molar-refractivity contribution in [2.75, 3.05) is 6.61 Å². The zero-order valence-electron chi connectivity index (χ0n) is 24.7. The minimum atomic E-state index is -4.51. The lowest BCUT2D eigenvalue weighted by atomic mass is 10.0. The molecule has 0 bridgehead atoms. The van der Waals surface area contributed by atoms with Crippen molar-refractivity contribution in [1.82, 2.24) is 10.3 Å². The van der Waals surface area contributed by atoms with Gasteiger partial charge in [0.15, 0.2) is 5.78 Å². The Kier molecular flexibility index (Phi) is 10.8. The van der Waals surface area contributed by atoms with Crippen molar-refractivity contribution in [3.8, 4) is 17.2 Å². The van der Waals surface area contributed by atoms with Crippen LogP contribution in [0.1, 0.15) is 53.2 Å². The summed E-state index contributed by atoms with van der Waals surface area (Å²) in [6, 6.07) is 15.7. The van der Waals surface area contributed by atoms with Gasteiger partial charge in [-0.1, -0.05) is 31.2 Å². The number of ketones is 1. The highest BCUT2D eigenvalue weighted by atomic mass is 19.4. The molecule has 0 fully saturated rings. The fourth-order valence-electron chi connectivity index (χ4n) is 4.58. The highest BCUT2D eigenvalue weighted by Crippen LogP contribution is 2.29. The van der Waals surface area contributed by atoms with Gasteiger partial charge in [0, 0.05) is 35.7 Å². The summed E-state index contributed by atoms with van der Waals surface area (Å²) in [7, 11) is 0. The number of carboxylic acid groups (broad SMARTS) is 1. The van der Waals surface area contributed by atoms with Gasteiger partial charge in [0.25, 0.3) is 0 Å². The van der Waals surface area contributed by atoms with E-state index in [4.69, 9.17) is 9.15 Å². The van der Waals surface area contributed by atoms with Crippen LogP contribution in [-0.2, 0) is 30.2 Å². The molecule has 1 atom stereocenters. The van der Waals surface area contributed by atoms with E-state index in [1.807, 2.05) is 6.92 Å². The van der Waals surface area contributed by atoms with Crippen molar-refractivity contribution >= 4 is 11.8 Å². The number of nitrogens with zero attached hydrogens (tertiary/aromatic N) is 1. The molecular weight excluding hydrogens is 592 g/mol. The average Bonchev–Trinajstić information content (AvgIpc) is 3.42. The molecule has 0 aliphatic rings. The Hall–Kier alpha value is -4.93. The predicted molar refractivity (Wildman–Crippen MR) is 159 cm³/mol. The van der Waals surface area contributed by atoms with Gasteiger partial charge in [-0.15, -0.1) is 0 Å². The normalized spacial score (nSPS) is 12.5. The van der Waals surface area contributed by atoms with Crippen molar-refractivity contribution in [1.29, 1.82) is 0 Å². The number of aliphatic carboxylic acids is 1. The molecule has 45 heavy (non-hydrogen) atoms. The Morgan fingerprint density at radius 2 is 1.69 bits per heavy atom. The van der Waals surface area contributed by atoms with Gasteiger partial charge in [0.1, 0.15) is 23.4 Å². The third-order valence-electron chi connectivity index (χ3n) is 6.92. The fourth-order valence-corrected chi connectivity index (χ4v) is 4.58. The summed E-state index contributed by atoms with van der Waals surface area (Å²) in [5, 5.41) is 12.5. The van der Waals surface area contributed by atoms with Crippen LogP contribution in [-0.4, -0.2) is 34.5 Å². The number of alkyl halides is 3. The molecule has 0 spiro atoms. The van der Waals surface area contributed by atoms with E-state index in [-0.39, 0.29) is 23.5 Å². The first-order valence-electron chi connectivity index (χ1n) is 14.3. The summed E-state index contributed by atoms with van der Waals surface area (Å²) in [5.41, 5.74) is 1.69. The van der Waals surface area contributed by atoms with Gasteiger partial charge in [-0.25, -0.2) is 14.2 Å². The van der Waals surface area contributed by atoms with E-state index < -0.39 is 29.5 Å². The lowest BCUT2D eigenvalue weighted by Crippen LogP contribution is -2.37. The Morgan fingerprint density at radius 1 is 1.02 bits per heavy atom. The summed E-state index contributed by atoms with van der Waals surface area (Å²) in [6.45, 7) is 3.90. The first kappa shape index (κ1) is 33.0. The van der Waals surface area contributed by atoms with E-state index >= 15 is 0 Å². The molecule has 0 saturated carbocycles. The molecule has 0 radical (unpaired) electrons. The molecule has 11 heteroatoms. The fraction of sp³-hybridized carbons (Fsp3) is 0.265. The molecule has 4 rings (SSSR count). The van der Waals surface area contributed by atoms with Crippen LogP contribution in [0.15, 0.2) is 89.0 Å². The molecule has 0 amide bonds. The smallest absolute Gasteiger partial charge is 0.416 e. The number of aryl methyl sites for hydroxylation is 2. The SMILES string of the molecule is CCc1oc(-c2ccc(F)cc2)nc1CCCOc1ccc(C[C@H](NC(C)=CC(=O)c2ccc(C(F)(F)F)cc2)C(=O)O)cc1. The monoisotopic (exact) mass is 624 g/mol. The van der Waals surface area contributed by atoms with Crippen LogP contribution in [0.2, 0.25) is 0 Å². The zero-order chi connectivity index (χ0) is 32.6. The molecule has 1 heterocycles. The second-order valence-corrected chi connectivity index (χ2v) is 10.4. The summed E-state index contributed by atoms with van der Waals surface area (Å²) in [4.78, 5) is 29.0. The molecule has 236 valence electrons. The molecule has 0 unspecified atom stereocenters. The van der Waals surface area contributed by atoms with Crippen LogP contribution in [0.3, 0.4) is 0 Å². The third kappa shape index (κ3) is 9.28. The van der Waals surface area contributed by atoms with Crippen LogP contribution in [0.5, 0.6) is 5.75 Å². The molecule has 3 aromatic carbocycles. The van der Waals surface area contributed by atoms with E-state index in [0.29, 0.717) is 48.6 Å². The number of carbonyl (C=O) groups excluding carboxylic acids is 1. The van der Waals surface area contributed by atoms with Crippen LogP contribution >= 0.6 is 0 Å². The minimum absolute atomic E-state index is 0.0493. The molecule has 4 aromatic rings. The van der Waals surface area contributed by atoms with Crippen LogP contribution in [0, 0.1) is 5.82 Å². The average molecular weight is 625 g/mol. The Bertz CT molecular complexity index is 1630. The quantitative estimate of drug-likeness (QED) is 0.0651. The molecule has 7 nitrogen and oxygen atoms in total. The minimum Gasteiger partial charge on any atom is -0.494 e. The highest BCUT2D eigenvalue weighted by molar-refractivity contribution is 6.04. The molecule has 1 aromatic heterocycles. The number of hydrogen-bond acceptors (Lipinski definition) is 6. The Morgan fingerprint density at radius 3 is 2.29 bits per heavy atom. The standard InChI is InChI=1S/C34H32F4N2O5/c1-3-31-28(40-32(45-31)24-10-14-26(35)15-11-24)5-4-18-44-27-16-6-22(7-17-27)20-29(33(42)43)39-21(2)19-30(41)23-8-12-25(13-9-23)34(36,37)38/h6-17,19,29,39H,3-5,18,20H2,1-2H3,(H,42,43)/t29-/m0/s1. The maximum atomic E-state index is 13.2. The van der Waals surface area contributed by atoms with E-state index in [1.165, 1.54) is 19.1 Å². The predicted octanol–water partition coefficient (Wildman–Crippen LogP) is 7.45.